The van der Waals surface area contributed by atoms with E-state index < -0.39 is 0 Å². The number of amides is 1. The normalized spacial score (nSPS) is 15.1. The van der Waals surface area contributed by atoms with E-state index in [1.165, 1.54) is 4.88 Å². The van der Waals surface area contributed by atoms with Gasteiger partial charge in [0.25, 0.3) is 0 Å². The van der Waals surface area contributed by atoms with Crippen molar-refractivity contribution in [3.63, 3.8) is 0 Å². The Hall–Kier alpha value is -0.580. The molecule has 100 valence electrons. The molecule has 0 spiro atoms. The Kier molecular flexibility index (Phi) is 5.03. The maximum absolute atomic E-state index is 11.6. The molecule has 1 heterocycles. The number of carbonyl (C=O) groups excluding carboxylic acids is 1. The van der Waals surface area contributed by atoms with Gasteiger partial charge in [0.05, 0.1) is 4.34 Å². The molecule has 5 heteroatoms. The highest BCUT2D eigenvalue weighted by Crippen LogP contribution is 2.22. The number of rotatable bonds is 7. The highest BCUT2D eigenvalue weighted by molar-refractivity contribution is 7.16. The molecule has 1 amide bonds. The molecule has 0 unspecified atom stereocenters. The van der Waals surface area contributed by atoms with E-state index in [0.29, 0.717) is 12.5 Å². The van der Waals surface area contributed by atoms with Crippen LogP contribution in [-0.4, -0.2) is 29.9 Å². The van der Waals surface area contributed by atoms with Crippen LogP contribution in [0.3, 0.4) is 0 Å². The summed E-state index contributed by atoms with van der Waals surface area (Å²) < 4.78 is 0.826. The van der Waals surface area contributed by atoms with Crippen molar-refractivity contribution >= 4 is 28.8 Å². The van der Waals surface area contributed by atoms with Crippen molar-refractivity contribution in [2.45, 2.75) is 38.8 Å². The average Bonchev–Trinajstić information content (AvgIpc) is 3.06. The minimum atomic E-state index is 0.181. The van der Waals surface area contributed by atoms with Gasteiger partial charge in [-0.2, -0.15) is 0 Å². The molecule has 0 aliphatic heterocycles. The van der Waals surface area contributed by atoms with Crippen LogP contribution in [0.5, 0.6) is 0 Å². The van der Waals surface area contributed by atoms with E-state index in [-0.39, 0.29) is 5.91 Å². The summed E-state index contributed by atoms with van der Waals surface area (Å²) >= 11 is 7.52. The summed E-state index contributed by atoms with van der Waals surface area (Å²) in [4.78, 5) is 15.1. The minimum Gasteiger partial charge on any atom is -0.353 e. The molecule has 1 saturated carbocycles. The molecule has 0 radical (unpaired) electrons. The van der Waals surface area contributed by atoms with E-state index >= 15 is 0 Å². The molecule has 2 rings (SSSR count). The summed E-state index contributed by atoms with van der Waals surface area (Å²) in [5.74, 6) is 0.181. The predicted octanol–water partition coefficient (Wildman–Crippen LogP) is 2.89. The summed E-state index contributed by atoms with van der Waals surface area (Å²) in [7, 11) is 0. The first-order chi connectivity index (χ1) is 8.67. The minimum absolute atomic E-state index is 0.181. The molecule has 1 fully saturated rings. The van der Waals surface area contributed by atoms with Crippen molar-refractivity contribution in [1.29, 1.82) is 0 Å². The fourth-order valence-electron chi connectivity index (χ4n) is 1.79. The summed E-state index contributed by atoms with van der Waals surface area (Å²) in [6, 6.07) is 4.44. The lowest BCUT2D eigenvalue weighted by Gasteiger charge is -2.19. The molecular weight excluding hydrogens is 268 g/mol. The van der Waals surface area contributed by atoms with E-state index in [0.717, 1.165) is 36.8 Å². The van der Waals surface area contributed by atoms with E-state index in [2.05, 4.69) is 23.2 Å². The maximum atomic E-state index is 11.6. The number of thiophene rings is 1. The molecule has 1 aromatic heterocycles. The topological polar surface area (TPSA) is 32.3 Å². The van der Waals surface area contributed by atoms with Crippen molar-refractivity contribution in [3.8, 4) is 0 Å². The van der Waals surface area contributed by atoms with Gasteiger partial charge in [0, 0.05) is 30.4 Å². The number of nitrogens with one attached hydrogen (secondary N) is 1. The lowest BCUT2D eigenvalue weighted by atomic mass is 10.3. The van der Waals surface area contributed by atoms with Crippen LogP contribution in [0.1, 0.15) is 31.1 Å². The fourth-order valence-corrected chi connectivity index (χ4v) is 2.92. The highest BCUT2D eigenvalue weighted by Gasteiger charge is 2.23. The predicted molar refractivity (Wildman–Crippen MR) is 76.1 cm³/mol. The van der Waals surface area contributed by atoms with Crippen molar-refractivity contribution in [2.75, 3.05) is 13.1 Å². The Morgan fingerprint density at radius 1 is 1.56 bits per heavy atom. The lowest BCUT2D eigenvalue weighted by molar-refractivity contribution is -0.121. The number of hydrogen-bond donors (Lipinski definition) is 1. The zero-order chi connectivity index (χ0) is 13.0. The SMILES string of the molecule is CCN(CCC(=O)NC1CC1)Cc1ccc(Cl)s1. The Morgan fingerprint density at radius 3 is 2.89 bits per heavy atom. The molecule has 0 atom stereocenters. The first-order valence-electron chi connectivity index (χ1n) is 6.43. The van der Waals surface area contributed by atoms with E-state index in [4.69, 9.17) is 11.6 Å². The zero-order valence-electron chi connectivity index (χ0n) is 10.6. The zero-order valence-corrected chi connectivity index (χ0v) is 12.2. The second kappa shape index (κ2) is 6.55. The second-order valence-corrected chi connectivity index (χ2v) is 6.47. The number of nitrogens with zero attached hydrogens (tertiary/aromatic N) is 1. The molecule has 3 nitrogen and oxygen atoms in total. The number of hydrogen-bond acceptors (Lipinski definition) is 3. The third-order valence-electron chi connectivity index (χ3n) is 3.05. The van der Waals surface area contributed by atoms with Gasteiger partial charge >= 0.3 is 0 Å². The van der Waals surface area contributed by atoms with Gasteiger partial charge in [-0.05, 0) is 31.5 Å². The van der Waals surface area contributed by atoms with Crippen molar-refractivity contribution in [2.24, 2.45) is 0 Å². The summed E-state index contributed by atoms with van der Waals surface area (Å²) in [5, 5.41) is 3.02. The maximum Gasteiger partial charge on any atom is 0.221 e. The first-order valence-corrected chi connectivity index (χ1v) is 7.62. The van der Waals surface area contributed by atoms with E-state index in [1.807, 2.05) is 6.07 Å². The Balaban J connectivity index is 1.72. The van der Waals surface area contributed by atoms with Crippen LogP contribution in [0.15, 0.2) is 12.1 Å². The van der Waals surface area contributed by atoms with Crippen molar-refractivity contribution in [1.82, 2.24) is 10.2 Å². The molecule has 18 heavy (non-hydrogen) atoms. The summed E-state index contributed by atoms with van der Waals surface area (Å²) in [5.41, 5.74) is 0. The van der Waals surface area contributed by atoms with Gasteiger partial charge in [0.15, 0.2) is 0 Å². The van der Waals surface area contributed by atoms with Crippen molar-refractivity contribution in [3.05, 3.63) is 21.3 Å². The lowest BCUT2D eigenvalue weighted by Crippen LogP contribution is -2.31. The van der Waals surface area contributed by atoms with Gasteiger partial charge < -0.3 is 5.32 Å². The molecule has 0 aromatic carbocycles. The third-order valence-corrected chi connectivity index (χ3v) is 4.27. The van der Waals surface area contributed by atoms with Crippen LogP contribution in [0.25, 0.3) is 0 Å². The third kappa shape index (κ3) is 4.59. The Bertz CT molecular complexity index is 403. The van der Waals surface area contributed by atoms with Gasteiger partial charge in [-0.3, -0.25) is 9.69 Å². The quantitative estimate of drug-likeness (QED) is 0.836. The smallest absolute Gasteiger partial charge is 0.221 e. The van der Waals surface area contributed by atoms with E-state index in [1.54, 1.807) is 11.3 Å². The van der Waals surface area contributed by atoms with Crippen molar-refractivity contribution < 1.29 is 4.79 Å². The van der Waals surface area contributed by atoms with Crippen LogP contribution in [0.2, 0.25) is 4.34 Å². The largest absolute Gasteiger partial charge is 0.353 e. The van der Waals surface area contributed by atoms with Gasteiger partial charge in [-0.15, -0.1) is 11.3 Å². The fraction of sp³-hybridized carbons (Fsp3) is 0.615. The average molecular weight is 287 g/mol. The number of halogens is 1. The van der Waals surface area contributed by atoms with Gasteiger partial charge in [0.1, 0.15) is 0 Å². The summed E-state index contributed by atoms with van der Waals surface area (Å²) in [6.45, 7) is 4.76. The molecular formula is C13H19ClN2OS. The van der Waals surface area contributed by atoms with Gasteiger partial charge in [0.2, 0.25) is 5.91 Å². The molecule has 1 N–H and O–H groups in total. The van der Waals surface area contributed by atoms with Crippen LogP contribution in [0, 0.1) is 0 Å². The summed E-state index contributed by atoms with van der Waals surface area (Å²) in [6.07, 6.45) is 2.89. The molecule has 0 bridgehead atoms. The molecule has 1 aromatic rings. The van der Waals surface area contributed by atoms with Gasteiger partial charge in [-0.1, -0.05) is 18.5 Å². The van der Waals surface area contributed by atoms with Crippen LogP contribution in [-0.2, 0) is 11.3 Å². The van der Waals surface area contributed by atoms with Crippen LogP contribution in [0.4, 0.5) is 0 Å². The van der Waals surface area contributed by atoms with E-state index in [9.17, 15) is 4.79 Å². The van der Waals surface area contributed by atoms with Crippen LogP contribution >= 0.6 is 22.9 Å². The Morgan fingerprint density at radius 2 is 2.33 bits per heavy atom. The molecule has 0 saturated heterocycles. The number of carbonyl (C=O) groups is 1. The van der Waals surface area contributed by atoms with Gasteiger partial charge in [-0.25, -0.2) is 0 Å². The molecule has 1 aliphatic carbocycles. The Labute approximate surface area is 117 Å². The monoisotopic (exact) mass is 286 g/mol. The first kappa shape index (κ1) is 13.8. The molecule has 1 aliphatic rings. The second-order valence-electron chi connectivity index (χ2n) is 4.67. The standard InChI is InChI=1S/C13H19ClN2OS/c1-2-16(9-11-5-6-12(14)18-11)8-7-13(17)15-10-3-4-10/h5-6,10H,2-4,7-9H2,1H3,(H,15,17). The van der Waals surface area contributed by atoms with Crippen LogP contribution < -0.4 is 5.32 Å². The highest BCUT2D eigenvalue weighted by atomic mass is 35.5.